The quantitative estimate of drug-likeness (QED) is 0.0364. The maximum absolute atomic E-state index is 13.9. The number of hydrogen-bond acceptors (Lipinski definition) is 24. The van der Waals surface area contributed by atoms with Crippen LogP contribution in [0.5, 0.6) is 52.1 Å². The minimum atomic E-state index is -4.82. The molecule has 126 heavy (non-hydrogen) atoms. The predicted molar refractivity (Wildman–Crippen MR) is 445 cm³/mol. The molecule has 6 aliphatic heterocycles. The van der Waals surface area contributed by atoms with E-state index in [4.69, 9.17) is 28.4 Å². The summed E-state index contributed by atoms with van der Waals surface area (Å²) in [6.45, 7) is 11.4. The second-order valence-electron chi connectivity index (χ2n) is 31.6. The lowest BCUT2D eigenvalue weighted by Crippen LogP contribution is -2.46. The molecule has 15 rings (SSSR count). The highest BCUT2D eigenvalue weighted by atomic mass is 19.4. The Morgan fingerprint density at radius 1 is 0.389 bits per heavy atom. The Balaban J connectivity index is 0.000000162. The summed E-state index contributed by atoms with van der Waals surface area (Å²) in [4.78, 5) is 112. The number of alkyl halides is 9. The van der Waals surface area contributed by atoms with Crippen molar-refractivity contribution < 1.29 is 96.7 Å². The molecule has 0 spiro atoms. The number of halogens is 9. The molecule has 3 atom stereocenters. The number of methoxy groups -OCH3 is 3. The molecule has 1 unspecified atom stereocenters. The standard InChI is InChI=1S/3C29H31F3N6O4/c3*1-16-11-21(23(41-4)12-19(16)25(39)34-18-8-6-10-37(2)15-18)35-28-33-13-20(29(30,31)32)26(36-28)42-22-9-5-7-17-14-38(3)27(40)24(17)22/h3*5,7,9,11-13,18H,6,8,10,14-15H2,1-4H3,(H,34,39)(H,33,35,36)/t2*18-;/m10./s1. The van der Waals surface area contributed by atoms with Gasteiger partial charge in [-0.15, -0.1) is 0 Å². The third kappa shape index (κ3) is 20.7. The molecule has 6 aliphatic rings. The number of aromatic nitrogens is 6. The summed E-state index contributed by atoms with van der Waals surface area (Å²) in [5.74, 6) is -3.99. The lowest BCUT2D eigenvalue weighted by atomic mass is 10.0. The van der Waals surface area contributed by atoms with Crippen molar-refractivity contribution in [1.29, 1.82) is 0 Å². The van der Waals surface area contributed by atoms with Crippen LogP contribution in [0.3, 0.4) is 0 Å². The van der Waals surface area contributed by atoms with Crippen molar-refractivity contribution in [2.75, 3.05) is 119 Å². The van der Waals surface area contributed by atoms with E-state index < -0.39 is 52.9 Å². The second-order valence-corrected chi connectivity index (χ2v) is 31.6. The molecule has 6 amide bonds. The summed E-state index contributed by atoms with van der Waals surface area (Å²) < 4.78 is 158. The van der Waals surface area contributed by atoms with Gasteiger partial charge in [0.2, 0.25) is 35.5 Å². The van der Waals surface area contributed by atoms with Crippen LogP contribution in [0, 0.1) is 20.8 Å². The summed E-state index contributed by atoms with van der Waals surface area (Å²) >= 11 is 0. The van der Waals surface area contributed by atoms with Gasteiger partial charge in [-0.2, -0.15) is 54.5 Å². The highest BCUT2D eigenvalue weighted by molar-refractivity contribution is 6.03. The Bertz CT molecular complexity index is 5130. The first-order chi connectivity index (χ1) is 59.8. The summed E-state index contributed by atoms with van der Waals surface area (Å²) in [7, 11) is 15.1. The van der Waals surface area contributed by atoms with Gasteiger partial charge in [0.05, 0.1) is 55.1 Å². The number of rotatable bonds is 21. The van der Waals surface area contributed by atoms with Gasteiger partial charge in [-0.25, -0.2) is 15.0 Å². The predicted octanol–water partition coefficient (Wildman–Crippen LogP) is 14.3. The minimum Gasteiger partial charge on any atom is -0.495 e. The van der Waals surface area contributed by atoms with Gasteiger partial charge in [0.25, 0.3) is 35.4 Å². The maximum Gasteiger partial charge on any atom is 0.423 e. The van der Waals surface area contributed by atoms with Gasteiger partial charge in [-0.1, -0.05) is 36.4 Å². The zero-order valence-corrected chi connectivity index (χ0v) is 70.9. The summed E-state index contributed by atoms with van der Waals surface area (Å²) in [6, 6.07) is 23.9. The Hall–Kier alpha value is -13.2. The third-order valence-corrected chi connectivity index (χ3v) is 22.0. The van der Waals surface area contributed by atoms with Crippen molar-refractivity contribution in [3.05, 3.63) is 193 Å². The molecule has 3 aromatic heterocycles. The average molecular weight is 1750 g/mol. The van der Waals surface area contributed by atoms with E-state index in [1.165, 1.54) is 54.2 Å². The van der Waals surface area contributed by atoms with Crippen LogP contribution in [-0.2, 0) is 38.2 Å². The number of aryl methyl sites for hydroxylation is 3. The number of hydrogen-bond donors (Lipinski definition) is 6. The van der Waals surface area contributed by atoms with Gasteiger partial charge in [0, 0.05) is 114 Å². The number of amides is 6. The number of nitrogens with one attached hydrogen (secondary N) is 6. The van der Waals surface area contributed by atoms with Crippen molar-refractivity contribution in [3.63, 3.8) is 0 Å². The van der Waals surface area contributed by atoms with Gasteiger partial charge < -0.3 is 89.7 Å². The Morgan fingerprint density at radius 2 is 0.651 bits per heavy atom. The smallest absolute Gasteiger partial charge is 0.423 e. The van der Waals surface area contributed by atoms with E-state index in [1.807, 2.05) is 21.1 Å². The van der Waals surface area contributed by atoms with Gasteiger partial charge in [-0.3, -0.25) is 28.8 Å². The van der Waals surface area contributed by atoms with Crippen LogP contribution in [0.1, 0.15) is 151 Å². The molecule has 0 bridgehead atoms. The largest absolute Gasteiger partial charge is 0.495 e. The lowest BCUT2D eigenvalue weighted by molar-refractivity contribution is -0.140. The molecule has 9 heterocycles. The lowest BCUT2D eigenvalue weighted by Gasteiger charge is -2.30. The summed E-state index contributed by atoms with van der Waals surface area (Å²) in [5, 5.41) is 17.9. The molecule has 0 radical (unpaired) electrons. The van der Waals surface area contributed by atoms with Crippen LogP contribution in [0.4, 0.5) is 74.4 Å². The van der Waals surface area contributed by atoms with E-state index in [1.54, 1.807) is 115 Å². The molecule has 6 N–H and O–H groups in total. The summed E-state index contributed by atoms with van der Waals surface area (Å²) in [6.07, 6.45) is -6.97. The van der Waals surface area contributed by atoms with Crippen LogP contribution >= 0.6 is 0 Å². The first kappa shape index (κ1) is 90.6. The number of anilines is 6. The highest BCUT2D eigenvalue weighted by Gasteiger charge is 2.42. The van der Waals surface area contributed by atoms with Gasteiger partial charge in [0.15, 0.2) is 0 Å². The van der Waals surface area contributed by atoms with E-state index in [2.05, 4.69) is 76.5 Å². The number of carbonyl (C=O) groups excluding carboxylic acids is 6. The van der Waals surface area contributed by atoms with E-state index >= 15 is 0 Å². The molecule has 0 aliphatic carbocycles. The number of nitrogens with zero attached hydrogens (tertiary/aromatic N) is 12. The highest BCUT2D eigenvalue weighted by Crippen LogP contribution is 2.46. The maximum atomic E-state index is 13.9. The zero-order chi connectivity index (χ0) is 90.5. The van der Waals surface area contributed by atoms with E-state index in [9.17, 15) is 68.3 Å². The van der Waals surface area contributed by atoms with Gasteiger partial charge in [-0.05, 0) is 188 Å². The van der Waals surface area contributed by atoms with E-state index in [0.717, 1.165) is 77.8 Å². The molecule has 0 saturated carbocycles. The SMILES string of the molecule is COc1cc(C(=O)NC2CCCN(C)C2)c(C)cc1Nc1ncc(C(F)(F)F)c(Oc2cccc3c2C(=O)N(C)C3)n1.COc1cc(C(=O)N[C@@H]2CCCN(C)C2)c(C)cc1Nc1ncc(C(F)(F)F)c(Oc2cccc3c2C(=O)N(C)C3)n1.COc1cc(C(=O)N[C@H]2CCCN(C)C2)c(C)cc1Nc1ncc(C(F)(F)F)c(Oc2cccc3c2C(=O)N(C)C3)n1. The number of likely N-dealkylation sites (N-methyl/N-ethyl adjacent to an activating group) is 3. The molecule has 3 fully saturated rings. The Kier molecular flexibility index (Phi) is 27.1. The van der Waals surface area contributed by atoms with Gasteiger partial charge >= 0.3 is 18.5 Å². The van der Waals surface area contributed by atoms with E-state index in [0.29, 0.717) is 105 Å². The Labute approximate surface area is 718 Å². The van der Waals surface area contributed by atoms with Crippen molar-refractivity contribution in [3.8, 4) is 52.1 Å². The van der Waals surface area contributed by atoms with Crippen molar-refractivity contribution >= 4 is 70.4 Å². The van der Waals surface area contributed by atoms with Crippen molar-refractivity contribution in [1.82, 2.24) is 75.3 Å². The van der Waals surface area contributed by atoms with Crippen LogP contribution in [0.15, 0.2) is 110 Å². The fourth-order valence-corrected chi connectivity index (χ4v) is 15.7. The first-order valence-electron chi connectivity index (χ1n) is 40.2. The number of benzene rings is 6. The first-order valence-corrected chi connectivity index (χ1v) is 40.2. The van der Waals surface area contributed by atoms with Gasteiger partial charge in [0.1, 0.15) is 51.2 Å². The van der Waals surface area contributed by atoms with E-state index in [-0.39, 0.29) is 123 Å². The second kappa shape index (κ2) is 37.7. The normalized spacial score (nSPS) is 17.2. The number of likely N-dealkylation sites (tertiary alicyclic amines) is 3. The fourth-order valence-electron chi connectivity index (χ4n) is 15.7. The molecule has 666 valence electrons. The zero-order valence-electron chi connectivity index (χ0n) is 70.9. The van der Waals surface area contributed by atoms with Crippen LogP contribution in [0.25, 0.3) is 0 Å². The Morgan fingerprint density at radius 3 is 0.889 bits per heavy atom. The average Bonchev–Trinajstić information content (AvgIpc) is 1.70. The molecular weight excluding hydrogens is 1660 g/mol. The van der Waals surface area contributed by atoms with Crippen LogP contribution < -0.4 is 60.3 Å². The number of carbonyl (C=O) groups is 6. The number of ether oxygens (including phenoxy) is 6. The molecule has 9 aromatic rings. The minimum absolute atomic E-state index is 0.0277. The third-order valence-electron chi connectivity index (χ3n) is 22.0. The monoisotopic (exact) mass is 1750 g/mol. The van der Waals surface area contributed by atoms with Crippen LogP contribution in [0.2, 0.25) is 0 Å². The van der Waals surface area contributed by atoms with Crippen molar-refractivity contribution in [2.24, 2.45) is 0 Å². The number of piperidine rings is 3. The molecule has 3 saturated heterocycles. The topological polar surface area (TPSA) is 327 Å². The number of fused-ring (bicyclic) bond motifs is 3. The van der Waals surface area contributed by atoms with Crippen LogP contribution in [-0.4, -0.2) is 216 Å². The van der Waals surface area contributed by atoms with Crippen molar-refractivity contribution in [2.45, 2.75) is 116 Å². The molecular formula is C87H93F9N18O12. The molecule has 6 aromatic carbocycles. The summed E-state index contributed by atoms with van der Waals surface area (Å²) in [5.41, 5.74) is 2.98. The molecule has 39 heteroatoms. The molecule has 30 nitrogen and oxygen atoms in total. The fraction of sp³-hybridized carbons (Fsp3) is 0.379.